The van der Waals surface area contributed by atoms with Crippen LogP contribution < -0.4 is 10.2 Å². The van der Waals surface area contributed by atoms with Crippen LogP contribution in [0.2, 0.25) is 0 Å². The van der Waals surface area contributed by atoms with Gasteiger partial charge < -0.3 is 10.2 Å². The molecule has 1 saturated heterocycles. The van der Waals surface area contributed by atoms with Crippen LogP contribution in [0.3, 0.4) is 0 Å². The summed E-state index contributed by atoms with van der Waals surface area (Å²) in [6.07, 6.45) is 8.71. The first kappa shape index (κ1) is 13.0. The van der Waals surface area contributed by atoms with Gasteiger partial charge in [0.25, 0.3) is 0 Å². The zero-order valence-electron chi connectivity index (χ0n) is 12.2. The number of nitrogens with one attached hydrogen (secondary N) is 1. The summed E-state index contributed by atoms with van der Waals surface area (Å²) in [6, 6.07) is 4.90. The van der Waals surface area contributed by atoms with E-state index in [1.54, 1.807) is 12.4 Å². The standard InChI is InChI=1S/C16H21N5/c1-2-12(10-19-13-3-4-13)11-21(9-1)15-6-5-14-16(20-15)18-8-7-17-14/h5-8,12-13,19H,1-4,9-11H2. The Morgan fingerprint density at radius 3 is 2.95 bits per heavy atom. The van der Waals surface area contributed by atoms with Gasteiger partial charge in [0.2, 0.25) is 0 Å². The molecule has 2 aliphatic rings. The van der Waals surface area contributed by atoms with E-state index in [4.69, 9.17) is 0 Å². The second-order valence-electron chi connectivity index (χ2n) is 6.21. The van der Waals surface area contributed by atoms with Gasteiger partial charge in [-0.25, -0.2) is 9.97 Å². The topological polar surface area (TPSA) is 53.9 Å². The van der Waals surface area contributed by atoms with Crippen molar-refractivity contribution < 1.29 is 0 Å². The highest BCUT2D eigenvalue weighted by atomic mass is 15.2. The lowest BCUT2D eigenvalue weighted by Gasteiger charge is -2.33. The molecular weight excluding hydrogens is 262 g/mol. The normalized spacial score (nSPS) is 22.7. The minimum atomic E-state index is 0.735. The molecule has 1 atom stereocenters. The fourth-order valence-corrected chi connectivity index (χ4v) is 3.08. The Balaban J connectivity index is 1.47. The van der Waals surface area contributed by atoms with Gasteiger partial charge in [-0.2, -0.15) is 0 Å². The number of hydrogen-bond acceptors (Lipinski definition) is 5. The molecule has 0 spiro atoms. The molecule has 21 heavy (non-hydrogen) atoms. The summed E-state index contributed by atoms with van der Waals surface area (Å²) in [5.41, 5.74) is 1.61. The molecule has 5 nitrogen and oxygen atoms in total. The van der Waals surface area contributed by atoms with E-state index in [0.29, 0.717) is 0 Å². The molecule has 1 aliphatic heterocycles. The van der Waals surface area contributed by atoms with Crippen LogP contribution in [0.1, 0.15) is 25.7 Å². The molecule has 1 aliphatic carbocycles. The van der Waals surface area contributed by atoms with Crippen molar-refractivity contribution in [1.82, 2.24) is 20.3 Å². The lowest BCUT2D eigenvalue weighted by atomic mass is 9.98. The molecule has 1 saturated carbocycles. The molecule has 2 fully saturated rings. The Hall–Kier alpha value is -1.75. The van der Waals surface area contributed by atoms with Crippen LogP contribution in [0, 0.1) is 5.92 Å². The highest BCUT2D eigenvalue weighted by Gasteiger charge is 2.25. The third kappa shape index (κ3) is 2.97. The van der Waals surface area contributed by atoms with Crippen molar-refractivity contribution in [2.75, 3.05) is 24.5 Å². The van der Waals surface area contributed by atoms with Crippen molar-refractivity contribution in [1.29, 1.82) is 0 Å². The van der Waals surface area contributed by atoms with E-state index in [0.717, 1.165) is 48.6 Å². The van der Waals surface area contributed by atoms with Crippen molar-refractivity contribution in [3.8, 4) is 0 Å². The number of rotatable bonds is 4. The molecule has 1 N–H and O–H groups in total. The average Bonchev–Trinajstić information content (AvgIpc) is 3.37. The number of pyridine rings is 1. The summed E-state index contributed by atoms with van der Waals surface area (Å²) in [5.74, 6) is 1.78. The zero-order chi connectivity index (χ0) is 14.1. The number of fused-ring (bicyclic) bond motifs is 1. The SMILES string of the molecule is c1cnc2nc(N3CCCC(CNC4CC4)C3)ccc2n1. The Morgan fingerprint density at radius 2 is 2.05 bits per heavy atom. The Kier molecular flexibility index (Phi) is 3.43. The Morgan fingerprint density at radius 1 is 1.14 bits per heavy atom. The predicted octanol–water partition coefficient (Wildman–Crippen LogP) is 1.99. The van der Waals surface area contributed by atoms with E-state index < -0.39 is 0 Å². The third-order valence-corrected chi connectivity index (χ3v) is 4.43. The van der Waals surface area contributed by atoms with E-state index in [-0.39, 0.29) is 0 Å². The molecule has 0 radical (unpaired) electrons. The van der Waals surface area contributed by atoms with Gasteiger partial charge in [-0.05, 0) is 50.3 Å². The smallest absolute Gasteiger partial charge is 0.180 e. The molecule has 0 bridgehead atoms. The highest BCUT2D eigenvalue weighted by molar-refractivity contribution is 5.71. The van der Waals surface area contributed by atoms with Gasteiger partial charge in [-0.3, -0.25) is 4.98 Å². The van der Waals surface area contributed by atoms with Crippen molar-refractivity contribution in [3.63, 3.8) is 0 Å². The number of nitrogens with zero attached hydrogens (tertiary/aromatic N) is 4. The van der Waals surface area contributed by atoms with Crippen molar-refractivity contribution in [2.24, 2.45) is 5.92 Å². The zero-order valence-corrected chi connectivity index (χ0v) is 12.2. The molecule has 2 aromatic heterocycles. The second kappa shape index (κ2) is 5.56. The van der Waals surface area contributed by atoms with Crippen molar-refractivity contribution >= 4 is 17.0 Å². The lowest BCUT2D eigenvalue weighted by molar-refractivity contribution is 0.390. The first-order valence-corrected chi connectivity index (χ1v) is 7.94. The quantitative estimate of drug-likeness (QED) is 0.930. The van der Waals surface area contributed by atoms with Crippen molar-refractivity contribution in [3.05, 3.63) is 24.5 Å². The molecular formula is C16H21N5. The summed E-state index contributed by atoms with van der Waals surface area (Å²) in [6.45, 7) is 3.34. The van der Waals surface area contributed by atoms with Gasteiger partial charge in [0.05, 0.1) is 0 Å². The van der Waals surface area contributed by atoms with E-state index in [9.17, 15) is 0 Å². The van der Waals surface area contributed by atoms with Crippen LogP contribution in [0.25, 0.3) is 11.2 Å². The third-order valence-electron chi connectivity index (χ3n) is 4.43. The van der Waals surface area contributed by atoms with Gasteiger partial charge in [0.1, 0.15) is 11.3 Å². The van der Waals surface area contributed by atoms with E-state index in [2.05, 4.69) is 31.2 Å². The Bertz CT molecular complexity index is 625. The molecule has 1 unspecified atom stereocenters. The molecule has 110 valence electrons. The fraction of sp³-hybridized carbons (Fsp3) is 0.562. The van der Waals surface area contributed by atoms with E-state index in [1.165, 1.54) is 25.7 Å². The maximum atomic E-state index is 4.67. The first-order valence-electron chi connectivity index (χ1n) is 7.94. The maximum absolute atomic E-state index is 4.67. The number of anilines is 1. The molecule has 5 heteroatoms. The minimum absolute atomic E-state index is 0.735. The van der Waals surface area contributed by atoms with Gasteiger partial charge in [0.15, 0.2) is 5.65 Å². The van der Waals surface area contributed by atoms with Crippen LogP contribution in [-0.4, -0.2) is 40.6 Å². The second-order valence-corrected chi connectivity index (χ2v) is 6.21. The number of aromatic nitrogens is 3. The highest BCUT2D eigenvalue weighted by Crippen LogP contribution is 2.24. The van der Waals surface area contributed by atoms with Gasteiger partial charge in [-0.15, -0.1) is 0 Å². The molecule has 3 heterocycles. The number of piperidine rings is 1. The average molecular weight is 283 g/mol. The van der Waals surface area contributed by atoms with E-state index >= 15 is 0 Å². The Labute approximate surface area is 124 Å². The number of hydrogen-bond donors (Lipinski definition) is 1. The predicted molar refractivity (Wildman–Crippen MR) is 83.3 cm³/mol. The summed E-state index contributed by atoms with van der Waals surface area (Å²) in [7, 11) is 0. The van der Waals surface area contributed by atoms with E-state index in [1.807, 2.05) is 6.07 Å². The summed E-state index contributed by atoms with van der Waals surface area (Å²) < 4.78 is 0. The fourth-order valence-electron chi connectivity index (χ4n) is 3.08. The van der Waals surface area contributed by atoms with Crippen LogP contribution in [0.4, 0.5) is 5.82 Å². The van der Waals surface area contributed by atoms with Crippen LogP contribution in [-0.2, 0) is 0 Å². The summed E-state index contributed by atoms with van der Waals surface area (Å²) in [5, 5.41) is 3.66. The van der Waals surface area contributed by atoms with Crippen LogP contribution in [0.15, 0.2) is 24.5 Å². The van der Waals surface area contributed by atoms with Crippen molar-refractivity contribution in [2.45, 2.75) is 31.7 Å². The van der Waals surface area contributed by atoms with Crippen LogP contribution in [0.5, 0.6) is 0 Å². The summed E-state index contributed by atoms with van der Waals surface area (Å²) in [4.78, 5) is 15.7. The first-order chi connectivity index (χ1) is 10.4. The van der Waals surface area contributed by atoms with Gasteiger partial charge >= 0.3 is 0 Å². The van der Waals surface area contributed by atoms with Gasteiger partial charge in [0, 0.05) is 31.5 Å². The molecule has 2 aromatic rings. The molecule has 4 rings (SSSR count). The molecule has 0 amide bonds. The summed E-state index contributed by atoms with van der Waals surface area (Å²) >= 11 is 0. The van der Waals surface area contributed by atoms with Gasteiger partial charge in [-0.1, -0.05) is 0 Å². The lowest BCUT2D eigenvalue weighted by Crippen LogP contribution is -2.40. The minimum Gasteiger partial charge on any atom is -0.356 e. The monoisotopic (exact) mass is 283 g/mol. The molecule has 0 aromatic carbocycles. The van der Waals surface area contributed by atoms with Crippen LogP contribution >= 0.6 is 0 Å². The maximum Gasteiger partial charge on any atom is 0.180 e. The largest absolute Gasteiger partial charge is 0.356 e.